The highest BCUT2D eigenvalue weighted by Crippen LogP contribution is 2.65. The summed E-state index contributed by atoms with van der Waals surface area (Å²) in [5, 5.41) is 0. The molecule has 1 aromatic heterocycles. The molecule has 4 nitrogen and oxygen atoms in total. The van der Waals surface area contributed by atoms with E-state index in [1.165, 1.54) is 0 Å². The van der Waals surface area contributed by atoms with Gasteiger partial charge in [0.2, 0.25) is 5.88 Å². The minimum atomic E-state index is -0.00539. The maximum atomic E-state index is 5.97. The zero-order valence-corrected chi connectivity index (χ0v) is 10.9. The van der Waals surface area contributed by atoms with E-state index in [4.69, 9.17) is 15.2 Å². The van der Waals surface area contributed by atoms with E-state index in [2.05, 4.69) is 18.8 Å². The van der Waals surface area contributed by atoms with Crippen LogP contribution in [0.2, 0.25) is 0 Å². The maximum absolute atomic E-state index is 5.97. The molecule has 0 radical (unpaired) electrons. The molecule has 0 spiro atoms. The Balaban J connectivity index is 2.50. The first-order chi connectivity index (χ1) is 8.00. The van der Waals surface area contributed by atoms with Crippen molar-refractivity contribution >= 4 is 0 Å². The zero-order valence-electron chi connectivity index (χ0n) is 10.9. The lowest BCUT2D eigenvalue weighted by Gasteiger charge is -2.21. The smallest absolute Gasteiger partial charge is 0.213 e. The number of rotatable bonds is 4. The lowest BCUT2D eigenvalue weighted by molar-refractivity contribution is 0.374. The third-order valence-corrected chi connectivity index (χ3v) is 4.05. The van der Waals surface area contributed by atoms with Gasteiger partial charge >= 0.3 is 0 Å². The standard InChI is InChI=1S/C13H20N2O2/c1-12(2)7-13(12,8-14)9-5-11(17-4)15-6-10(9)16-3/h5-6H,7-8,14H2,1-4H3. The molecule has 17 heavy (non-hydrogen) atoms. The Labute approximate surface area is 102 Å². The van der Waals surface area contributed by atoms with Gasteiger partial charge in [-0.3, -0.25) is 0 Å². The van der Waals surface area contributed by atoms with E-state index >= 15 is 0 Å². The minimum Gasteiger partial charge on any atom is -0.495 e. The molecule has 1 fully saturated rings. The summed E-state index contributed by atoms with van der Waals surface area (Å²) in [4.78, 5) is 4.16. The summed E-state index contributed by atoms with van der Waals surface area (Å²) in [7, 11) is 3.28. The van der Waals surface area contributed by atoms with Crippen molar-refractivity contribution in [3.8, 4) is 11.6 Å². The fourth-order valence-corrected chi connectivity index (χ4v) is 2.70. The first kappa shape index (κ1) is 12.2. The molecule has 2 N–H and O–H groups in total. The molecule has 1 aliphatic carbocycles. The highest BCUT2D eigenvalue weighted by molar-refractivity contribution is 5.47. The molecule has 0 bridgehead atoms. The van der Waals surface area contributed by atoms with Crippen molar-refractivity contribution in [2.24, 2.45) is 11.1 Å². The van der Waals surface area contributed by atoms with Crippen molar-refractivity contribution in [3.63, 3.8) is 0 Å². The van der Waals surface area contributed by atoms with Crippen molar-refractivity contribution in [2.45, 2.75) is 25.7 Å². The van der Waals surface area contributed by atoms with Gasteiger partial charge in [0.25, 0.3) is 0 Å². The summed E-state index contributed by atoms with van der Waals surface area (Å²) in [6, 6.07) is 1.94. The molecular formula is C13H20N2O2. The van der Waals surface area contributed by atoms with Crippen molar-refractivity contribution < 1.29 is 9.47 Å². The second-order valence-electron chi connectivity index (χ2n) is 5.27. The number of hydrogen-bond acceptors (Lipinski definition) is 4. The molecule has 0 aromatic carbocycles. The van der Waals surface area contributed by atoms with Gasteiger partial charge in [0.15, 0.2) is 0 Å². The van der Waals surface area contributed by atoms with Crippen LogP contribution in [0, 0.1) is 5.41 Å². The van der Waals surface area contributed by atoms with Crippen LogP contribution in [0.4, 0.5) is 0 Å². The number of aromatic nitrogens is 1. The van der Waals surface area contributed by atoms with Crippen molar-refractivity contribution in [1.29, 1.82) is 0 Å². The van der Waals surface area contributed by atoms with E-state index in [1.807, 2.05) is 6.07 Å². The fourth-order valence-electron chi connectivity index (χ4n) is 2.70. The predicted octanol–water partition coefficient (Wildman–Crippen LogP) is 1.73. The summed E-state index contributed by atoms with van der Waals surface area (Å²) in [5.74, 6) is 1.40. The van der Waals surface area contributed by atoms with Crippen LogP contribution in [0.15, 0.2) is 12.3 Å². The second-order valence-corrected chi connectivity index (χ2v) is 5.27. The number of ether oxygens (including phenoxy) is 2. The van der Waals surface area contributed by atoms with Crippen LogP contribution < -0.4 is 15.2 Å². The summed E-state index contributed by atoms with van der Waals surface area (Å²) in [5.41, 5.74) is 7.29. The minimum absolute atomic E-state index is 0.00539. The van der Waals surface area contributed by atoms with Gasteiger partial charge in [0, 0.05) is 23.6 Å². The van der Waals surface area contributed by atoms with Crippen LogP contribution in [0.3, 0.4) is 0 Å². The Morgan fingerprint density at radius 1 is 1.35 bits per heavy atom. The van der Waals surface area contributed by atoms with Gasteiger partial charge in [-0.1, -0.05) is 13.8 Å². The molecule has 1 heterocycles. The summed E-state index contributed by atoms with van der Waals surface area (Å²) in [6.45, 7) is 5.07. The van der Waals surface area contributed by atoms with Crippen LogP contribution >= 0.6 is 0 Å². The molecule has 1 atom stereocenters. The van der Waals surface area contributed by atoms with E-state index in [0.717, 1.165) is 17.7 Å². The van der Waals surface area contributed by atoms with Crippen LogP contribution in [0.5, 0.6) is 11.6 Å². The molecule has 0 aliphatic heterocycles. The van der Waals surface area contributed by atoms with Gasteiger partial charge in [-0.15, -0.1) is 0 Å². The molecule has 4 heteroatoms. The summed E-state index contributed by atoms with van der Waals surface area (Å²) >= 11 is 0. The van der Waals surface area contributed by atoms with Gasteiger partial charge in [0.1, 0.15) is 5.75 Å². The van der Waals surface area contributed by atoms with E-state index in [9.17, 15) is 0 Å². The van der Waals surface area contributed by atoms with Crippen LogP contribution in [0.1, 0.15) is 25.8 Å². The maximum Gasteiger partial charge on any atom is 0.213 e. The molecule has 0 amide bonds. The van der Waals surface area contributed by atoms with Gasteiger partial charge in [-0.25, -0.2) is 4.98 Å². The van der Waals surface area contributed by atoms with Gasteiger partial charge < -0.3 is 15.2 Å². The first-order valence-corrected chi connectivity index (χ1v) is 5.79. The third kappa shape index (κ3) is 1.67. The third-order valence-electron chi connectivity index (χ3n) is 4.05. The highest BCUT2D eigenvalue weighted by atomic mass is 16.5. The monoisotopic (exact) mass is 236 g/mol. The topological polar surface area (TPSA) is 57.4 Å². The molecule has 1 aromatic rings. The van der Waals surface area contributed by atoms with E-state index in [0.29, 0.717) is 12.4 Å². The second kappa shape index (κ2) is 3.88. The van der Waals surface area contributed by atoms with Crippen molar-refractivity contribution in [3.05, 3.63) is 17.8 Å². The molecule has 1 saturated carbocycles. The lowest BCUT2D eigenvalue weighted by Crippen LogP contribution is -2.26. The number of nitrogens with two attached hydrogens (primary N) is 1. The first-order valence-electron chi connectivity index (χ1n) is 5.79. The zero-order chi connectivity index (χ0) is 12.7. The fraction of sp³-hybridized carbons (Fsp3) is 0.615. The number of pyridine rings is 1. The van der Waals surface area contributed by atoms with Gasteiger partial charge in [0.05, 0.1) is 20.4 Å². The molecule has 94 valence electrons. The number of nitrogens with zero attached hydrogens (tertiary/aromatic N) is 1. The SMILES string of the molecule is COc1cc(C2(CN)CC2(C)C)c(OC)cn1. The Kier molecular flexibility index (Phi) is 2.78. The van der Waals surface area contributed by atoms with Crippen LogP contribution in [0.25, 0.3) is 0 Å². The van der Waals surface area contributed by atoms with E-state index < -0.39 is 0 Å². The molecule has 2 rings (SSSR count). The summed E-state index contributed by atoms with van der Waals surface area (Å²) in [6.07, 6.45) is 2.78. The Morgan fingerprint density at radius 3 is 2.41 bits per heavy atom. The molecular weight excluding hydrogens is 216 g/mol. The normalized spacial score (nSPS) is 25.5. The van der Waals surface area contributed by atoms with E-state index in [1.54, 1.807) is 20.4 Å². The number of hydrogen-bond donors (Lipinski definition) is 1. The Hall–Kier alpha value is -1.29. The van der Waals surface area contributed by atoms with Gasteiger partial charge in [-0.05, 0) is 11.8 Å². The Morgan fingerprint density at radius 2 is 2.00 bits per heavy atom. The largest absolute Gasteiger partial charge is 0.495 e. The van der Waals surface area contributed by atoms with Crippen molar-refractivity contribution in [2.75, 3.05) is 20.8 Å². The molecule has 0 saturated heterocycles. The van der Waals surface area contributed by atoms with Gasteiger partial charge in [-0.2, -0.15) is 0 Å². The van der Waals surface area contributed by atoms with Crippen molar-refractivity contribution in [1.82, 2.24) is 4.98 Å². The Bertz CT molecular complexity index is 431. The highest BCUT2D eigenvalue weighted by Gasteiger charge is 2.62. The summed E-state index contributed by atoms with van der Waals surface area (Å²) < 4.78 is 10.6. The predicted molar refractivity (Wildman–Crippen MR) is 66.5 cm³/mol. The van der Waals surface area contributed by atoms with Crippen LogP contribution in [-0.4, -0.2) is 25.7 Å². The van der Waals surface area contributed by atoms with Crippen LogP contribution in [-0.2, 0) is 5.41 Å². The number of methoxy groups -OCH3 is 2. The average Bonchev–Trinajstić information content (AvgIpc) is 2.92. The van der Waals surface area contributed by atoms with E-state index in [-0.39, 0.29) is 10.8 Å². The average molecular weight is 236 g/mol. The quantitative estimate of drug-likeness (QED) is 0.865. The lowest BCUT2D eigenvalue weighted by atomic mass is 9.88. The molecule has 1 aliphatic rings. The molecule has 1 unspecified atom stereocenters.